The molecular formula is C15H17BrN2. The Morgan fingerprint density at radius 1 is 1.11 bits per heavy atom. The van der Waals surface area contributed by atoms with E-state index in [1.54, 1.807) is 0 Å². The lowest BCUT2D eigenvalue weighted by Crippen LogP contribution is -2.21. The van der Waals surface area contributed by atoms with Crippen LogP contribution in [0.1, 0.15) is 12.5 Å². The molecule has 0 aliphatic rings. The number of nitrogens with two attached hydrogens (primary N) is 1. The highest BCUT2D eigenvalue weighted by atomic mass is 79.9. The lowest BCUT2D eigenvalue weighted by Gasteiger charge is -2.23. The minimum atomic E-state index is 0.806. The Balaban J connectivity index is 2.19. The summed E-state index contributed by atoms with van der Waals surface area (Å²) in [5.41, 5.74) is 9.09. The monoisotopic (exact) mass is 304 g/mol. The van der Waals surface area contributed by atoms with E-state index in [-0.39, 0.29) is 0 Å². The zero-order chi connectivity index (χ0) is 13.0. The van der Waals surface area contributed by atoms with E-state index in [0.29, 0.717) is 0 Å². The van der Waals surface area contributed by atoms with Crippen molar-refractivity contribution in [3.63, 3.8) is 0 Å². The summed E-state index contributed by atoms with van der Waals surface area (Å²) in [6.07, 6.45) is 0. The van der Waals surface area contributed by atoms with Crippen molar-refractivity contribution in [1.82, 2.24) is 0 Å². The Labute approximate surface area is 117 Å². The average Bonchev–Trinajstić information content (AvgIpc) is 2.36. The molecule has 0 saturated carbocycles. The number of hydrogen-bond donors (Lipinski definition) is 1. The first kappa shape index (κ1) is 13.0. The molecule has 0 aliphatic carbocycles. The van der Waals surface area contributed by atoms with Gasteiger partial charge in [-0.1, -0.05) is 34.1 Å². The van der Waals surface area contributed by atoms with Crippen molar-refractivity contribution >= 4 is 27.3 Å². The fourth-order valence-corrected chi connectivity index (χ4v) is 2.41. The largest absolute Gasteiger partial charge is 0.399 e. The van der Waals surface area contributed by atoms with Crippen molar-refractivity contribution < 1.29 is 0 Å². The van der Waals surface area contributed by atoms with E-state index in [1.165, 1.54) is 5.56 Å². The van der Waals surface area contributed by atoms with Crippen LogP contribution in [-0.4, -0.2) is 6.54 Å². The van der Waals surface area contributed by atoms with Gasteiger partial charge in [0.2, 0.25) is 0 Å². The van der Waals surface area contributed by atoms with E-state index in [0.717, 1.165) is 28.9 Å². The van der Waals surface area contributed by atoms with E-state index >= 15 is 0 Å². The van der Waals surface area contributed by atoms with Crippen molar-refractivity contribution in [2.75, 3.05) is 17.2 Å². The highest BCUT2D eigenvalue weighted by molar-refractivity contribution is 9.10. The first-order chi connectivity index (χ1) is 8.69. The van der Waals surface area contributed by atoms with Crippen molar-refractivity contribution in [1.29, 1.82) is 0 Å². The molecule has 0 radical (unpaired) electrons. The van der Waals surface area contributed by atoms with Crippen LogP contribution in [0.25, 0.3) is 0 Å². The van der Waals surface area contributed by atoms with Gasteiger partial charge in [-0.25, -0.2) is 0 Å². The number of benzene rings is 2. The number of rotatable bonds is 4. The Hall–Kier alpha value is -1.48. The molecule has 2 rings (SSSR count). The fourth-order valence-electron chi connectivity index (χ4n) is 1.96. The Bertz CT molecular complexity index is 525. The van der Waals surface area contributed by atoms with Crippen LogP contribution in [0.15, 0.2) is 53.0 Å². The molecule has 18 heavy (non-hydrogen) atoms. The standard InChI is InChI=1S/C15H17BrN2/c1-2-18(15-8-4-7-14(17)10-15)11-12-5-3-6-13(16)9-12/h3-10H,2,11,17H2,1H3. The van der Waals surface area contributed by atoms with Crippen molar-refractivity contribution in [2.24, 2.45) is 0 Å². The van der Waals surface area contributed by atoms with Gasteiger partial charge >= 0.3 is 0 Å². The second-order valence-electron chi connectivity index (χ2n) is 4.24. The van der Waals surface area contributed by atoms with Crippen LogP contribution in [0.5, 0.6) is 0 Å². The Kier molecular flexibility index (Phi) is 4.26. The van der Waals surface area contributed by atoms with Crippen LogP contribution < -0.4 is 10.6 Å². The molecule has 0 saturated heterocycles. The van der Waals surface area contributed by atoms with Gasteiger partial charge in [-0.05, 0) is 42.8 Å². The molecule has 0 fully saturated rings. The van der Waals surface area contributed by atoms with Gasteiger partial charge in [0.05, 0.1) is 0 Å². The first-order valence-corrected chi connectivity index (χ1v) is 6.83. The highest BCUT2D eigenvalue weighted by Gasteiger charge is 2.05. The molecular weight excluding hydrogens is 288 g/mol. The molecule has 3 heteroatoms. The molecule has 0 atom stereocenters. The maximum Gasteiger partial charge on any atom is 0.0429 e. The number of nitrogens with zero attached hydrogens (tertiary/aromatic N) is 1. The topological polar surface area (TPSA) is 29.3 Å². The zero-order valence-electron chi connectivity index (χ0n) is 10.4. The SMILES string of the molecule is CCN(Cc1cccc(Br)c1)c1cccc(N)c1. The fraction of sp³-hybridized carbons (Fsp3) is 0.200. The predicted molar refractivity (Wildman–Crippen MR) is 81.7 cm³/mol. The number of hydrogen-bond acceptors (Lipinski definition) is 2. The Morgan fingerprint density at radius 2 is 1.89 bits per heavy atom. The van der Waals surface area contributed by atoms with Crippen molar-refractivity contribution in [3.05, 3.63) is 58.6 Å². The lowest BCUT2D eigenvalue weighted by atomic mass is 10.2. The van der Waals surface area contributed by atoms with Gasteiger partial charge in [0, 0.05) is 28.9 Å². The summed E-state index contributed by atoms with van der Waals surface area (Å²) in [6.45, 7) is 4.00. The summed E-state index contributed by atoms with van der Waals surface area (Å²) >= 11 is 3.50. The lowest BCUT2D eigenvalue weighted by molar-refractivity contribution is 0.832. The number of nitrogen functional groups attached to an aromatic ring is 1. The van der Waals surface area contributed by atoms with Gasteiger partial charge in [0.15, 0.2) is 0 Å². The summed E-state index contributed by atoms with van der Waals surface area (Å²) in [5, 5.41) is 0. The molecule has 0 spiro atoms. The quantitative estimate of drug-likeness (QED) is 0.863. The third-order valence-corrected chi connectivity index (χ3v) is 3.37. The number of halogens is 1. The third-order valence-electron chi connectivity index (χ3n) is 2.88. The van der Waals surface area contributed by atoms with Gasteiger partial charge in [-0.3, -0.25) is 0 Å². The smallest absolute Gasteiger partial charge is 0.0429 e. The van der Waals surface area contributed by atoms with Crippen LogP contribution in [-0.2, 0) is 6.54 Å². The maximum absolute atomic E-state index is 5.83. The predicted octanol–water partition coefficient (Wildman–Crippen LogP) is 4.06. The van der Waals surface area contributed by atoms with Gasteiger partial charge in [0.25, 0.3) is 0 Å². The minimum Gasteiger partial charge on any atom is -0.399 e. The Morgan fingerprint density at radius 3 is 2.56 bits per heavy atom. The van der Waals surface area contributed by atoms with Crippen LogP contribution >= 0.6 is 15.9 Å². The summed E-state index contributed by atoms with van der Waals surface area (Å²) in [7, 11) is 0. The summed E-state index contributed by atoms with van der Waals surface area (Å²) < 4.78 is 1.11. The molecule has 94 valence electrons. The summed E-state index contributed by atoms with van der Waals surface area (Å²) in [5.74, 6) is 0. The van der Waals surface area contributed by atoms with Crippen LogP contribution in [0.4, 0.5) is 11.4 Å². The molecule has 0 aliphatic heterocycles. The highest BCUT2D eigenvalue weighted by Crippen LogP contribution is 2.21. The van der Waals surface area contributed by atoms with Crippen LogP contribution in [0.2, 0.25) is 0 Å². The van der Waals surface area contributed by atoms with Gasteiger partial charge in [-0.15, -0.1) is 0 Å². The average molecular weight is 305 g/mol. The van der Waals surface area contributed by atoms with Gasteiger partial charge in [-0.2, -0.15) is 0 Å². The zero-order valence-corrected chi connectivity index (χ0v) is 12.0. The molecule has 0 aromatic heterocycles. The second-order valence-corrected chi connectivity index (χ2v) is 5.15. The number of anilines is 2. The maximum atomic E-state index is 5.83. The molecule has 2 N–H and O–H groups in total. The van der Waals surface area contributed by atoms with Crippen LogP contribution in [0.3, 0.4) is 0 Å². The van der Waals surface area contributed by atoms with E-state index < -0.39 is 0 Å². The normalized spacial score (nSPS) is 10.3. The van der Waals surface area contributed by atoms with Gasteiger partial charge in [0.1, 0.15) is 0 Å². The van der Waals surface area contributed by atoms with E-state index in [4.69, 9.17) is 5.73 Å². The third kappa shape index (κ3) is 3.26. The summed E-state index contributed by atoms with van der Waals surface area (Å²) in [6, 6.07) is 16.4. The molecule has 0 bridgehead atoms. The second kappa shape index (κ2) is 5.91. The molecule has 2 nitrogen and oxygen atoms in total. The van der Waals surface area contributed by atoms with Crippen molar-refractivity contribution in [2.45, 2.75) is 13.5 Å². The summed E-state index contributed by atoms with van der Waals surface area (Å²) in [4.78, 5) is 2.30. The van der Waals surface area contributed by atoms with E-state index in [1.807, 2.05) is 24.3 Å². The molecule has 0 heterocycles. The van der Waals surface area contributed by atoms with E-state index in [2.05, 4.69) is 52.0 Å². The molecule has 2 aromatic rings. The molecule has 2 aromatic carbocycles. The first-order valence-electron chi connectivity index (χ1n) is 6.04. The van der Waals surface area contributed by atoms with Crippen LogP contribution in [0, 0.1) is 0 Å². The van der Waals surface area contributed by atoms with E-state index in [9.17, 15) is 0 Å². The minimum absolute atomic E-state index is 0.806. The molecule has 0 unspecified atom stereocenters. The molecule has 0 amide bonds. The van der Waals surface area contributed by atoms with Crippen molar-refractivity contribution in [3.8, 4) is 0 Å². The van der Waals surface area contributed by atoms with Gasteiger partial charge < -0.3 is 10.6 Å².